The number of carbonyl (C=O) groups is 2. The van der Waals surface area contributed by atoms with Gasteiger partial charge in [-0.05, 0) is 36.2 Å². The fourth-order valence-electron chi connectivity index (χ4n) is 2.25. The largest absolute Gasteiger partial charge is 0.480 e. The van der Waals surface area contributed by atoms with E-state index in [-0.39, 0.29) is 12.1 Å². The number of halogens is 1. The van der Waals surface area contributed by atoms with E-state index in [4.69, 9.17) is 10.8 Å². The lowest BCUT2D eigenvalue weighted by Gasteiger charge is -2.11. The number of nitrogens with zero attached hydrogens (tertiary/aromatic N) is 1. The number of pyridine rings is 1. The molecule has 126 valence electrons. The van der Waals surface area contributed by atoms with Crippen LogP contribution in [-0.2, 0) is 11.2 Å². The summed E-state index contributed by atoms with van der Waals surface area (Å²) >= 11 is 0. The molecule has 6 nitrogen and oxygen atoms in total. The zero-order valence-corrected chi connectivity index (χ0v) is 13.1. The van der Waals surface area contributed by atoms with E-state index in [0.717, 1.165) is 17.3 Å². The maximum absolute atomic E-state index is 13.9. The van der Waals surface area contributed by atoms with Crippen molar-refractivity contribution in [2.45, 2.75) is 19.4 Å². The first-order chi connectivity index (χ1) is 11.4. The first-order valence-electron chi connectivity index (χ1n) is 7.43. The van der Waals surface area contributed by atoms with Gasteiger partial charge in [0, 0.05) is 29.6 Å². The fourth-order valence-corrected chi connectivity index (χ4v) is 2.25. The van der Waals surface area contributed by atoms with Crippen molar-refractivity contribution in [2.75, 3.05) is 6.54 Å². The van der Waals surface area contributed by atoms with E-state index < -0.39 is 23.7 Å². The van der Waals surface area contributed by atoms with Crippen molar-refractivity contribution < 1.29 is 19.1 Å². The number of carboxylic acids is 1. The fraction of sp³-hybridized carbons (Fsp3) is 0.235. The maximum atomic E-state index is 13.9. The number of hydrogen-bond donors (Lipinski definition) is 3. The molecule has 2 aromatic rings. The summed E-state index contributed by atoms with van der Waals surface area (Å²) in [6, 6.07) is 6.30. The Morgan fingerprint density at radius 1 is 1.38 bits per heavy atom. The molecular weight excluding hydrogens is 313 g/mol. The van der Waals surface area contributed by atoms with Gasteiger partial charge >= 0.3 is 5.97 Å². The number of carbonyl (C=O) groups excluding carboxylic acids is 1. The predicted molar refractivity (Wildman–Crippen MR) is 87.0 cm³/mol. The van der Waals surface area contributed by atoms with Gasteiger partial charge in [-0.15, -0.1) is 0 Å². The number of nitrogens with two attached hydrogens (primary N) is 1. The summed E-state index contributed by atoms with van der Waals surface area (Å²) < 4.78 is 13.9. The molecule has 0 fully saturated rings. The quantitative estimate of drug-likeness (QED) is 0.745. The lowest BCUT2D eigenvalue weighted by molar-refractivity contribution is -0.138. The highest BCUT2D eigenvalue weighted by Gasteiger charge is 2.15. The van der Waals surface area contributed by atoms with Gasteiger partial charge in [-0.2, -0.15) is 0 Å². The van der Waals surface area contributed by atoms with Gasteiger partial charge in [-0.25, -0.2) is 4.39 Å². The normalized spacial score (nSPS) is 11.8. The molecule has 0 aliphatic rings. The molecule has 1 amide bonds. The van der Waals surface area contributed by atoms with Gasteiger partial charge in [0.25, 0.3) is 5.91 Å². The molecule has 2 rings (SSSR count). The maximum Gasteiger partial charge on any atom is 0.322 e. The SMILES string of the molecule is CCc1ncccc1-c1cc(F)cc(C(=O)NC[C@@H](N)C(=O)O)c1. The van der Waals surface area contributed by atoms with E-state index in [1.165, 1.54) is 6.07 Å². The number of rotatable bonds is 6. The highest BCUT2D eigenvalue weighted by atomic mass is 19.1. The van der Waals surface area contributed by atoms with Crippen LogP contribution in [0.25, 0.3) is 11.1 Å². The zero-order valence-electron chi connectivity index (χ0n) is 13.1. The smallest absolute Gasteiger partial charge is 0.322 e. The van der Waals surface area contributed by atoms with E-state index in [1.807, 2.05) is 13.0 Å². The Labute approximate surface area is 138 Å². The minimum Gasteiger partial charge on any atom is -0.480 e. The third kappa shape index (κ3) is 4.14. The molecular formula is C17H18FN3O3. The summed E-state index contributed by atoms with van der Waals surface area (Å²) in [4.78, 5) is 27.0. The summed E-state index contributed by atoms with van der Waals surface area (Å²) in [5.41, 5.74) is 7.50. The first kappa shape index (κ1) is 17.6. The van der Waals surface area contributed by atoms with Gasteiger partial charge in [0.2, 0.25) is 0 Å². The van der Waals surface area contributed by atoms with Crippen molar-refractivity contribution in [3.05, 3.63) is 53.6 Å². The third-order valence-electron chi connectivity index (χ3n) is 3.50. The van der Waals surface area contributed by atoms with Crippen LogP contribution >= 0.6 is 0 Å². The lowest BCUT2D eigenvalue weighted by atomic mass is 10.00. The van der Waals surface area contributed by atoms with Crippen LogP contribution in [0.5, 0.6) is 0 Å². The van der Waals surface area contributed by atoms with Crippen LogP contribution in [0, 0.1) is 5.82 Å². The number of aromatic nitrogens is 1. The van der Waals surface area contributed by atoms with Gasteiger partial charge in [0.15, 0.2) is 0 Å². The molecule has 0 saturated heterocycles. The molecule has 0 aliphatic heterocycles. The Balaban J connectivity index is 2.28. The molecule has 1 heterocycles. The monoisotopic (exact) mass is 331 g/mol. The molecule has 0 radical (unpaired) electrons. The Morgan fingerprint density at radius 2 is 2.12 bits per heavy atom. The molecule has 24 heavy (non-hydrogen) atoms. The molecule has 0 bridgehead atoms. The Bertz CT molecular complexity index is 764. The molecule has 1 aromatic heterocycles. The highest BCUT2D eigenvalue weighted by molar-refractivity contribution is 5.95. The lowest BCUT2D eigenvalue weighted by Crippen LogP contribution is -2.42. The molecule has 0 saturated carbocycles. The van der Waals surface area contributed by atoms with Crippen molar-refractivity contribution >= 4 is 11.9 Å². The average Bonchev–Trinajstić information content (AvgIpc) is 2.58. The molecule has 1 aromatic carbocycles. The number of hydrogen-bond acceptors (Lipinski definition) is 4. The van der Waals surface area contributed by atoms with Crippen molar-refractivity contribution in [3.8, 4) is 11.1 Å². The van der Waals surface area contributed by atoms with Gasteiger partial charge in [0.1, 0.15) is 11.9 Å². The molecule has 0 unspecified atom stereocenters. The minimum absolute atomic E-state index is 0.0912. The summed E-state index contributed by atoms with van der Waals surface area (Å²) in [6.07, 6.45) is 2.32. The van der Waals surface area contributed by atoms with Crippen molar-refractivity contribution in [3.63, 3.8) is 0 Å². The summed E-state index contributed by atoms with van der Waals surface area (Å²) in [5, 5.41) is 11.1. The predicted octanol–water partition coefficient (Wildman–Crippen LogP) is 1.59. The van der Waals surface area contributed by atoms with Crippen molar-refractivity contribution in [1.82, 2.24) is 10.3 Å². The second kappa shape index (κ2) is 7.65. The number of aryl methyl sites for hydroxylation is 1. The number of amides is 1. The van der Waals surface area contributed by atoms with E-state index in [2.05, 4.69) is 10.3 Å². The summed E-state index contributed by atoms with van der Waals surface area (Å²) in [5.74, 6) is -2.38. The van der Waals surface area contributed by atoms with Crippen LogP contribution in [-0.4, -0.2) is 34.6 Å². The van der Waals surface area contributed by atoms with E-state index in [0.29, 0.717) is 12.0 Å². The Morgan fingerprint density at radius 3 is 2.79 bits per heavy atom. The number of aliphatic carboxylic acids is 1. The first-order valence-corrected chi connectivity index (χ1v) is 7.43. The second-order valence-corrected chi connectivity index (χ2v) is 5.23. The van der Waals surface area contributed by atoms with Crippen LogP contribution in [0.2, 0.25) is 0 Å². The summed E-state index contributed by atoms with van der Waals surface area (Å²) in [6.45, 7) is 1.69. The van der Waals surface area contributed by atoms with Gasteiger partial charge in [0.05, 0.1) is 0 Å². The van der Waals surface area contributed by atoms with E-state index >= 15 is 0 Å². The van der Waals surface area contributed by atoms with Gasteiger partial charge < -0.3 is 16.2 Å². The van der Waals surface area contributed by atoms with E-state index in [9.17, 15) is 14.0 Å². The standard InChI is InChI=1S/C17H18FN3O3/c1-2-15-13(4-3-5-20-15)10-6-11(8-12(18)7-10)16(22)21-9-14(19)17(23)24/h3-8,14H,2,9,19H2,1H3,(H,21,22)(H,23,24)/t14-/m1/s1. The number of carboxylic acid groups (broad SMARTS) is 1. The molecule has 0 aliphatic carbocycles. The van der Waals surface area contributed by atoms with E-state index in [1.54, 1.807) is 18.3 Å². The van der Waals surface area contributed by atoms with Crippen LogP contribution in [0.3, 0.4) is 0 Å². The number of nitrogens with one attached hydrogen (secondary N) is 1. The second-order valence-electron chi connectivity index (χ2n) is 5.23. The zero-order chi connectivity index (χ0) is 17.7. The topological polar surface area (TPSA) is 105 Å². The van der Waals surface area contributed by atoms with Crippen LogP contribution in [0.4, 0.5) is 4.39 Å². The minimum atomic E-state index is -1.22. The summed E-state index contributed by atoms with van der Waals surface area (Å²) in [7, 11) is 0. The molecule has 0 spiro atoms. The molecule has 1 atom stereocenters. The molecule has 7 heteroatoms. The molecule has 4 N–H and O–H groups in total. The van der Waals surface area contributed by atoms with Crippen LogP contribution in [0.1, 0.15) is 23.0 Å². The van der Waals surface area contributed by atoms with Crippen molar-refractivity contribution in [2.24, 2.45) is 5.73 Å². The Kier molecular flexibility index (Phi) is 5.59. The number of benzene rings is 1. The van der Waals surface area contributed by atoms with Crippen LogP contribution in [0.15, 0.2) is 36.5 Å². The van der Waals surface area contributed by atoms with Crippen molar-refractivity contribution in [1.29, 1.82) is 0 Å². The van der Waals surface area contributed by atoms with Gasteiger partial charge in [-0.3, -0.25) is 14.6 Å². The van der Waals surface area contributed by atoms with Gasteiger partial charge in [-0.1, -0.05) is 13.0 Å². The van der Waals surface area contributed by atoms with Crippen LogP contribution < -0.4 is 11.1 Å². The Hall–Kier alpha value is -2.80. The highest BCUT2D eigenvalue weighted by Crippen LogP contribution is 2.25. The average molecular weight is 331 g/mol. The third-order valence-corrected chi connectivity index (χ3v) is 3.50.